The summed E-state index contributed by atoms with van der Waals surface area (Å²) in [6.45, 7) is 8.17. The molecule has 0 bridgehead atoms. The van der Waals surface area contributed by atoms with Gasteiger partial charge in [-0.1, -0.05) is 23.8 Å². The Labute approximate surface area is 171 Å². The summed E-state index contributed by atoms with van der Waals surface area (Å²) < 4.78 is 5.19. The number of hydrogen-bond donors (Lipinski definition) is 3. The Morgan fingerprint density at radius 2 is 1.90 bits per heavy atom. The minimum atomic E-state index is 0.502. The van der Waals surface area contributed by atoms with Crippen LogP contribution in [-0.4, -0.2) is 34.8 Å². The van der Waals surface area contributed by atoms with Crippen LogP contribution >= 0.6 is 0 Å². The smallest absolute Gasteiger partial charge is 0.191 e. The summed E-state index contributed by atoms with van der Waals surface area (Å²) in [5, 5.41) is 13.9. The van der Waals surface area contributed by atoms with Crippen LogP contribution in [0.3, 0.4) is 0 Å². The number of nitrogens with zero attached hydrogens (tertiary/aromatic N) is 3. The van der Waals surface area contributed by atoms with Gasteiger partial charge in [0.2, 0.25) is 0 Å². The molecule has 0 aliphatic carbocycles. The number of benzene rings is 2. The van der Waals surface area contributed by atoms with Gasteiger partial charge in [0, 0.05) is 12.1 Å². The average Bonchev–Trinajstić information content (AvgIpc) is 3.20. The minimum absolute atomic E-state index is 0.502. The zero-order chi connectivity index (χ0) is 20.6. The molecule has 3 aromatic rings. The van der Waals surface area contributed by atoms with Gasteiger partial charge in [-0.2, -0.15) is 5.10 Å². The molecule has 2 aromatic carbocycles. The zero-order valence-corrected chi connectivity index (χ0v) is 17.4. The first kappa shape index (κ1) is 20.4. The lowest BCUT2D eigenvalue weighted by Gasteiger charge is -2.11. The van der Waals surface area contributed by atoms with Gasteiger partial charge in [0.25, 0.3) is 0 Å². The van der Waals surface area contributed by atoms with Crippen molar-refractivity contribution >= 4 is 5.96 Å². The molecular formula is C22H28N6O. The quantitative estimate of drug-likeness (QED) is 0.424. The molecule has 3 rings (SSSR count). The molecule has 7 heteroatoms. The van der Waals surface area contributed by atoms with E-state index >= 15 is 0 Å². The Balaban J connectivity index is 1.63. The first-order valence-electron chi connectivity index (χ1n) is 9.73. The summed E-state index contributed by atoms with van der Waals surface area (Å²) in [6.07, 6.45) is 0. The second kappa shape index (κ2) is 9.73. The van der Waals surface area contributed by atoms with Crippen LogP contribution in [0.5, 0.6) is 5.75 Å². The number of rotatable bonds is 7. The predicted molar refractivity (Wildman–Crippen MR) is 116 cm³/mol. The molecule has 152 valence electrons. The lowest BCUT2D eigenvalue weighted by Crippen LogP contribution is -2.37. The molecule has 0 saturated heterocycles. The van der Waals surface area contributed by atoms with E-state index in [1.54, 1.807) is 7.11 Å². The summed E-state index contributed by atoms with van der Waals surface area (Å²) in [4.78, 5) is 9.25. The highest BCUT2D eigenvalue weighted by Crippen LogP contribution is 2.18. The molecular weight excluding hydrogens is 364 g/mol. The van der Waals surface area contributed by atoms with Crippen molar-refractivity contribution in [3.63, 3.8) is 0 Å². The van der Waals surface area contributed by atoms with E-state index in [-0.39, 0.29) is 0 Å². The van der Waals surface area contributed by atoms with Gasteiger partial charge in [-0.05, 0) is 56.2 Å². The van der Waals surface area contributed by atoms with Crippen LogP contribution in [0.15, 0.2) is 47.5 Å². The molecule has 0 amide bonds. The van der Waals surface area contributed by atoms with Gasteiger partial charge < -0.3 is 15.4 Å². The van der Waals surface area contributed by atoms with Crippen LogP contribution in [0.2, 0.25) is 0 Å². The molecule has 1 heterocycles. The second-order valence-electron chi connectivity index (χ2n) is 6.81. The van der Waals surface area contributed by atoms with Crippen LogP contribution in [0.4, 0.5) is 0 Å². The molecule has 0 aliphatic heterocycles. The van der Waals surface area contributed by atoms with Crippen LogP contribution < -0.4 is 15.4 Å². The number of aromatic amines is 1. The van der Waals surface area contributed by atoms with Crippen molar-refractivity contribution in [1.82, 2.24) is 25.8 Å². The fourth-order valence-corrected chi connectivity index (χ4v) is 2.94. The average molecular weight is 393 g/mol. The third-order valence-corrected chi connectivity index (χ3v) is 4.55. The Bertz CT molecular complexity index is 962. The van der Waals surface area contributed by atoms with E-state index in [1.165, 1.54) is 16.7 Å². The molecule has 1 aromatic heterocycles. The molecule has 0 radical (unpaired) electrons. The van der Waals surface area contributed by atoms with E-state index in [4.69, 9.17) is 9.73 Å². The first-order valence-corrected chi connectivity index (χ1v) is 9.73. The van der Waals surface area contributed by atoms with Crippen LogP contribution in [0.1, 0.15) is 29.4 Å². The van der Waals surface area contributed by atoms with Gasteiger partial charge in [-0.25, -0.2) is 9.98 Å². The Morgan fingerprint density at radius 1 is 1.10 bits per heavy atom. The number of aryl methyl sites for hydroxylation is 2. The Hall–Kier alpha value is -3.35. The van der Waals surface area contributed by atoms with Crippen LogP contribution in [-0.2, 0) is 13.1 Å². The van der Waals surface area contributed by atoms with Crippen molar-refractivity contribution in [3.8, 4) is 17.1 Å². The van der Waals surface area contributed by atoms with E-state index in [2.05, 4.69) is 57.9 Å². The molecule has 3 N–H and O–H groups in total. The first-order chi connectivity index (χ1) is 14.1. The van der Waals surface area contributed by atoms with Crippen molar-refractivity contribution in [2.75, 3.05) is 13.7 Å². The highest BCUT2D eigenvalue weighted by Gasteiger charge is 2.07. The molecule has 7 nitrogen and oxygen atoms in total. The van der Waals surface area contributed by atoms with Crippen molar-refractivity contribution < 1.29 is 4.74 Å². The largest absolute Gasteiger partial charge is 0.497 e. The van der Waals surface area contributed by atoms with Crippen LogP contribution in [0.25, 0.3) is 11.4 Å². The summed E-state index contributed by atoms with van der Waals surface area (Å²) in [5.74, 6) is 2.95. The number of guanidine groups is 1. The fourth-order valence-electron chi connectivity index (χ4n) is 2.94. The highest BCUT2D eigenvalue weighted by molar-refractivity contribution is 5.79. The van der Waals surface area contributed by atoms with Gasteiger partial charge in [-0.15, -0.1) is 0 Å². The zero-order valence-electron chi connectivity index (χ0n) is 17.4. The SMILES string of the molecule is CCNC(=NCc1ccc(C)cc1C)NCc1nc(-c2ccc(OC)cc2)n[nH]1. The molecule has 0 saturated carbocycles. The second-order valence-corrected chi connectivity index (χ2v) is 6.81. The third-order valence-electron chi connectivity index (χ3n) is 4.55. The molecule has 29 heavy (non-hydrogen) atoms. The van der Waals surface area contributed by atoms with Gasteiger partial charge in [0.15, 0.2) is 11.8 Å². The number of ether oxygens (including phenoxy) is 1. The van der Waals surface area contributed by atoms with Crippen molar-refractivity contribution in [2.24, 2.45) is 4.99 Å². The van der Waals surface area contributed by atoms with E-state index in [9.17, 15) is 0 Å². The maximum absolute atomic E-state index is 5.19. The van der Waals surface area contributed by atoms with Crippen LogP contribution in [0, 0.1) is 13.8 Å². The van der Waals surface area contributed by atoms with Gasteiger partial charge >= 0.3 is 0 Å². The molecule has 0 atom stereocenters. The standard InChI is InChI=1S/C22H28N6O/c1-5-23-22(24-13-18-7-6-15(2)12-16(18)3)25-14-20-26-21(28-27-20)17-8-10-19(29-4)11-9-17/h6-12H,5,13-14H2,1-4H3,(H2,23,24,25)(H,26,27,28). The maximum atomic E-state index is 5.19. The number of methoxy groups -OCH3 is 1. The number of aliphatic imine (C=N–C) groups is 1. The van der Waals surface area contributed by atoms with E-state index in [1.807, 2.05) is 31.2 Å². The molecule has 0 unspecified atom stereocenters. The number of aromatic nitrogens is 3. The van der Waals surface area contributed by atoms with Gasteiger partial charge in [0.05, 0.1) is 20.2 Å². The molecule has 0 spiro atoms. The minimum Gasteiger partial charge on any atom is -0.497 e. The lowest BCUT2D eigenvalue weighted by molar-refractivity contribution is 0.415. The van der Waals surface area contributed by atoms with Gasteiger partial charge in [0.1, 0.15) is 11.6 Å². The maximum Gasteiger partial charge on any atom is 0.191 e. The van der Waals surface area contributed by atoms with Gasteiger partial charge in [-0.3, -0.25) is 5.10 Å². The van der Waals surface area contributed by atoms with E-state index in [0.717, 1.165) is 29.6 Å². The summed E-state index contributed by atoms with van der Waals surface area (Å²) in [6, 6.07) is 14.1. The fraction of sp³-hybridized carbons (Fsp3) is 0.318. The molecule has 0 fully saturated rings. The Morgan fingerprint density at radius 3 is 2.59 bits per heavy atom. The van der Waals surface area contributed by atoms with E-state index in [0.29, 0.717) is 18.9 Å². The number of H-pyrrole nitrogens is 1. The summed E-state index contributed by atoms with van der Waals surface area (Å²) in [5.41, 5.74) is 4.67. The summed E-state index contributed by atoms with van der Waals surface area (Å²) in [7, 11) is 1.65. The molecule has 0 aliphatic rings. The van der Waals surface area contributed by atoms with Crippen molar-refractivity contribution in [2.45, 2.75) is 33.9 Å². The normalized spacial score (nSPS) is 11.4. The number of hydrogen-bond acceptors (Lipinski definition) is 4. The topological polar surface area (TPSA) is 87.2 Å². The summed E-state index contributed by atoms with van der Waals surface area (Å²) >= 11 is 0. The van der Waals surface area contributed by atoms with E-state index < -0.39 is 0 Å². The predicted octanol–water partition coefficient (Wildman–Crippen LogP) is 3.35. The monoisotopic (exact) mass is 392 g/mol. The third kappa shape index (κ3) is 5.57. The van der Waals surface area contributed by atoms with Crippen molar-refractivity contribution in [3.05, 3.63) is 65.0 Å². The van der Waals surface area contributed by atoms with Crippen molar-refractivity contribution in [1.29, 1.82) is 0 Å². The Kier molecular flexibility index (Phi) is 6.84. The number of nitrogens with one attached hydrogen (secondary N) is 3. The highest BCUT2D eigenvalue weighted by atomic mass is 16.5. The lowest BCUT2D eigenvalue weighted by atomic mass is 10.1.